The largest absolute Gasteiger partial charge is 0.466 e. The van der Waals surface area contributed by atoms with Crippen molar-refractivity contribution in [1.82, 2.24) is 0 Å². The molecular formula is C14H13NO4. The Bertz CT molecular complexity index is 547. The summed E-state index contributed by atoms with van der Waals surface area (Å²) < 4.78 is 9.98. The number of fused-ring (bicyclic) bond motifs is 1. The maximum atomic E-state index is 11.7. The molecule has 2 atom stereocenters. The number of hydrogen-bond acceptors (Lipinski definition) is 5. The summed E-state index contributed by atoms with van der Waals surface area (Å²) in [5.74, 6) is -2.11. The summed E-state index contributed by atoms with van der Waals surface area (Å²) in [6, 6.07) is 8.84. The van der Waals surface area contributed by atoms with Crippen molar-refractivity contribution in [3.05, 3.63) is 29.8 Å². The van der Waals surface area contributed by atoms with Crippen LogP contribution in [0.5, 0.6) is 5.75 Å². The van der Waals surface area contributed by atoms with E-state index in [1.807, 2.05) is 6.07 Å². The first kappa shape index (κ1) is 13.1. The molecule has 0 bridgehead atoms. The fourth-order valence-electron chi connectivity index (χ4n) is 2.17. The Labute approximate surface area is 110 Å². The number of hydrogen-bond donors (Lipinski definition) is 0. The van der Waals surface area contributed by atoms with Crippen LogP contribution in [0.3, 0.4) is 0 Å². The van der Waals surface area contributed by atoms with Crippen molar-refractivity contribution in [3.8, 4) is 11.8 Å². The highest BCUT2D eigenvalue weighted by Gasteiger charge is 2.39. The van der Waals surface area contributed by atoms with E-state index in [1.54, 1.807) is 31.2 Å². The fourth-order valence-corrected chi connectivity index (χ4v) is 2.17. The Morgan fingerprint density at radius 3 is 2.89 bits per heavy atom. The van der Waals surface area contributed by atoms with Crippen LogP contribution in [0.25, 0.3) is 0 Å². The lowest BCUT2D eigenvalue weighted by molar-refractivity contribution is -0.145. The molecule has 0 saturated heterocycles. The first-order chi connectivity index (χ1) is 9.17. The van der Waals surface area contributed by atoms with Gasteiger partial charge in [0.25, 0.3) is 0 Å². The molecule has 0 saturated carbocycles. The molecule has 5 heteroatoms. The molecule has 1 aliphatic rings. The second kappa shape index (κ2) is 5.53. The molecule has 0 amide bonds. The second-order valence-corrected chi connectivity index (χ2v) is 4.18. The molecule has 1 aromatic rings. The number of carbonyl (C=O) groups excluding carboxylic acids is 2. The van der Waals surface area contributed by atoms with Crippen LogP contribution in [0.2, 0.25) is 0 Å². The Balaban J connectivity index is 2.34. The summed E-state index contributed by atoms with van der Waals surface area (Å²) in [7, 11) is 0. The van der Waals surface area contributed by atoms with Gasteiger partial charge in [0.2, 0.25) is 0 Å². The summed E-state index contributed by atoms with van der Waals surface area (Å²) in [6.07, 6.45) is -0.00181. The van der Waals surface area contributed by atoms with Crippen molar-refractivity contribution in [2.24, 2.45) is 5.92 Å². The molecule has 0 aromatic heterocycles. The minimum absolute atomic E-state index is 0.00181. The summed E-state index contributed by atoms with van der Waals surface area (Å²) in [5.41, 5.74) is 0.696. The quantitative estimate of drug-likeness (QED) is 0.611. The van der Waals surface area contributed by atoms with Gasteiger partial charge in [0.1, 0.15) is 5.75 Å². The minimum Gasteiger partial charge on any atom is -0.466 e. The normalized spacial score (nSPS) is 20.9. The van der Waals surface area contributed by atoms with E-state index >= 15 is 0 Å². The smallest absolute Gasteiger partial charge is 0.329 e. The molecule has 2 rings (SSSR count). The van der Waals surface area contributed by atoms with Crippen LogP contribution < -0.4 is 4.74 Å². The maximum absolute atomic E-state index is 11.7. The van der Waals surface area contributed by atoms with E-state index in [4.69, 9.17) is 14.7 Å². The number of rotatable bonds is 3. The van der Waals surface area contributed by atoms with Gasteiger partial charge in [-0.2, -0.15) is 5.26 Å². The molecule has 0 radical (unpaired) electrons. The molecular weight excluding hydrogens is 246 g/mol. The average molecular weight is 259 g/mol. The topological polar surface area (TPSA) is 76.4 Å². The third kappa shape index (κ3) is 2.58. The molecule has 19 heavy (non-hydrogen) atoms. The highest BCUT2D eigenvalue weighted by molar-refractivity contribution is 5.83. The predicted octanol–water partition coefficient (Wildman–Crippen LogP) is 1.78. The van der Waals surface area contributed by atoms with Gasteiger partial charge in [0.15, 0.2) is 5.92 Å². The average Bonchev–Trinajstić information content (AvgIpc) is 2.39. The Morgan fingerprint density at radius 2 is 2.21 bits per heavy atom. The molecule has 1 aromatic carbocycles. The lowest BCUT2D eigenvalue weighted by Gasteiger charge is -2.27. The van der Waals surface area contributed by atoms with E-state index < -0.39 is 23.8 Å². The standard InChI is InChI=1S/C14H13NO4/c1-2-18-13(16)7-10-9-5-3-4-6-12(9)19-14(17)11(10)8-15/h3-6,10-11H,2,7H2,1H3/t10-,11-/m1/s1. The third-order valence-corrected chi connectivity index (χ3v) is 3.02. The highest BCUT2D eigenvalue weighted by atomic mass is 16.5. The Morgan fingerprint density at radius 1 is 1.47 bits per heavy atom. The van der Waals surface area contributed by atoms with E-state index in [1.165, 1.54) is 0 Å². The van der Waals surface area contributed by atoms with Crippen LogP contribution in [-0.4, -0.2) is 18.5 Å². The van der Waals surface area contributed by atoms with E-state index in [-0.39, 0.29) is 13.0 Å². The fraction of sp³-hybridized carbons (Fsp3) is 0.357. The molecule has 0 fully saturated rings. The van der Waals surface area contributed by atoms with Gasteiger partial charge in [-0.25, -0.2) is 0 Å². The van der Waals surface area contributed by atoms with Crippen molar-refractivity contribution >= 4 is 11.9 Å². The zero-order valence-corrected chi connectivity index (χ0v) is 10.5. The van der Waals surface area contributed by atoms with Crippen LogP contribution >= 0.6 is 0 Å². The molecule has 98 valence electrons. The van der Waals surface area contributed by atoms with Crippen LogP contribution in [0.1, 0.15) is 24.8 Å². The van der Waals surface area contributed by atoms with Crippen LogP contribution in [0, 0.1) is 17.2 Å². The van der Waals surface area contributed by atoms with Crippen molar-refractivity contribution in [3.63, 3.8) is 0 Å². The molecule has 0 N–H and O–H groups in total. The first-order valence-electron chi connectivity index (χ1n) is 6.03. The van der Waals surface area contributed by atoms with Crippen LogP contribution in [0.4, 0.5) is 0 Å². The third-order valence-electron chi connectivity index (χ3n) is 3.02. The predicted molar refractivity (Wildman–Crippen MR) is 65.2 cm³/mol. The van der Waals surface area contributed by atoms with Gasteiger partial charge in [-0.3, -0.25) is 9.59 Å². The van der Waals surface area contributed by atoms with E-state index in [2.05, 4.69) is 0 Å². The summed E-state index contributed by atoms with van der Waals surface area (Å²) >= 11 is 0. The van der Waals surface area contributed by atoms with Crippen molar-refractivity contribution in [2.75, 3.05) is 6.61 Å². The second-order valence-electron chi connectivity index (χ2n) is 4.18. The molecule has 0 unspecified atom stereocenters. The van der Waals surface area contributed by atoms with Crippen molar-refractivity contribution < 1.29 is 19.1 Å². The van der Waals surface area contributed by atoms with Crippen LogP contribution in [-0.2, 0) is 14.3 Å². The molecule has 1 aliphatic heterocycles. The first-order valence-corrected chi connectivity index (χ1v) is 6.03. The van der Waals surface area contributed by atoms with Crippen molar-refractivity contribution in [1.29, 1.82) is 5.26 Å². The van der Waals surface area contributed by atoms with Crippen LogP contribution in [0.15, 0.2) is 24.3 Å². The van der Waals surface area contributed by atoms with Gasteiger partial charge in [0, 0.05) is 11.5 Å². The molecule has 1 heterocycles. The van der Waals surface area contributed by atoms with Gasteiger partial charge < -0.3 is 9.47 Å². The molecule has 0 aliphatic carbocycles. The van der Waals surface area contributed by atoms with Gasteiger partial charge in [-0.15, -0.1) is 0 Å². The summed E-state index contributed by atoms with van der Waals surface area (Å²) in [4.78, 5) is 23.3. The number of nitrogens with zero attached hydrogens (tertiary/aromatic N) is 1. The van der Waals surface area contributed by atoms with Gasteiger partial charge in [0.05, 0.1) is 19.1 Å². The Kier molecular flexibility index (Phi) is 3.81. The molecule has 0 spiro atoms. The van der Waals surface area contributed by atoms with Crippen molar-refractivity contribution in [2.45, 2.75) is 19.3 Å². The maximum Gasteiger partial charge on any atom is 0.329 e. The van der Waals surface area contributed by atoms with Gasteiger partial charge in [-0.1, -0.05) is 18.2 Å². The summed E-state index contributed by atoms with van der Waals surface area (Å²) in [6.45, 7) is 1.98. The zero-order valence-electron chi connectivity index (χ0n) is 10.5. The lowest BCUT2D eigenvalue weighted by Crippen LogP contribution is -2.32. The number of ether oxygens (including phenoxy) is 2. The monoisotopic (exact) mass is 259 g/mol. The molecule has 5 nitrogen and oxygen atoms in total. The number of carbonyl (C=O) groups is 2. The Hall–Kier alpha value is -2.35. The van der Waals surface area contributed by atoms with Gasteiger partial charge in [-0.05, 0) is 13.0 Å². The van der Waals surface area contributed by atoms with E-state index in [0.717, 1.165) is 0 Å². The summed E-state index contributed by atoms with van der Waals surface area (Å²) in [5, 5.41) is 9.10. The number of nitriles is 1. The van der Waals surface area contributed by atoms with E-state index in [9.17, 15) is 9.59 Å². The van der Waals surface area contributed by atoms with E-state index in [0.29, 0.717) is 11.3 Å². The van der Waals surface area contributed by atoms with Gasteiger partial charge >= 0.3 is 11.9 Å². The number of esters is 2. The number of benzene rings is 1. The lowest BCUT2D eigenvalue weighted by atomic mass is 9.82. The SMILES string of the molecule is CCOC(=O)C[C@@H]1c2ccccc2OC(=O)[C@@H]1C#N. The minimum atomic E-state index is -0.973. The zero-order chi connectivity index (χ0) is 13.8. The number of para-hydroxylation sites is 1. The highest BCUT2D eigenvalue weighted by Crippen LogP contribution is 2.39.